The van der Waals surface area contributed by atoms with Gasteiger partial charge in [-0.1, -0.05) is 12.1 Å². The minimum absolute atomic E-state index is 0.363. The van der Waals surface area contributed by atoms with Gasteiger partial charge in [-0.15, -0.1) is 11.8 Å². The van der Waals surface area contributed by atoms with Crippen LogP contribution in [0.3, 0.4) is 0 Å². The number of hydrogen-bond donors (Lipinski definition) is 1. The van der Waals surface area contributed by atoms with E-state index in [9.17, 15) is 0 Å². The Balaban J connectivity index is 1.87. The van der Waals surface area contributed by atoms with E-state index in [0.29, 0.717) is 5.25 Å². The molecule has 1 N–H and O–H groups in total. The number of nitrogens with zero attached hydrogens (tertiary/aromatic N) is 1. The Morgan fingerprint density at radius 3 is 2.65 bits per heavy atom. The molecule has 1 heterocycles. The van der Waals surface area contributed by atoms with Crippen molar-refractivity contribution >= 4 is 17.6 Å². The normalized spacial score (nSPS) is 19.8. The van der Waals surface area contributed by atoms with Crippen molar-refractivity contribution in [3.05, 3.63) is 29.8 Å². The molecule has 0 saturated carbocycles. The van der Waals surface area contributed by atoms with Crippen molar-refractivity contribution in [3.8, 4) is 5.75 Å². The first-order chi connectivity index (χ1) is 8.20. The van der Waals surface area contributed by atoms with Gasteiger partial charge in [-0.2, -0.15) is 0 Å². The van der Waals surface area contributed by atoms with Crippen molar-refractivity contribution in [2.45, 2.75) is 17.4 Å². The van der Waals surface area contributed by atoms with Crippen molar-refractivity contribution in [2.75, 3.05) is 20.7 Å². The summed E-state index contributed by atoms with van der Waals surface area (Å²) in [6.07, 6.45) is 1.09. The predicted molar refractivity (Wildman–Crippen MR) is 73.1 cm³/mol. The number of benzene rings is 1. The summed E-state index contributed by atoms with van der Waals surface area (Å²) >= 11 is 1.86. The molecule has 0 spiro atoms. The zero-order valence-corrected chi connectivity index (χ0v) is 11.1. The fraction of sp³-hybridized carbons (Fsp3) is 0.462. The highest BCUT2D eigenvalue weighted by Gasteiger charge is 2.25. The summed E-state index contributed by atoms with van der Waals surface area (Å²) in [5.74, 6) is 2.63. The SMILES string of the molecule is COc1ccc(CSC2CCN(C)C2=N)cc1. The number of hydrogen-bond acceptors (Lipinski definition) is 3. The molecule has 2 rings (SSSR count). The van der Waals surface area contributed by atoms with Crippen molar-refractivity contribution in [1.82, 2.24) is 4.90 Å². The number of methoxy groups -OCH3 is 1. The topological polar surface area (TPSA) is 36.3 Å². The van der Waals surface area contributed by atoms with Gasteiger partial charge in [0, 0.05) is 19.3 Å². The van der Waals surface area contributed by atoms with E-state index in [1.807, 2.05) is 35.8 Å². The summed E-state index contributed by atoms with van der Waals surface area (Å²) in [7, 11) is 3.68. The van der Waals surface area contributed by atoms with Crippen LogP contribution in [0.2, 0.25) is 0 Å². The molecule has 1 aromatic rings. The summed E-state index contributed by atoms with van der Waals surface area (Å²) in [6, 6.07) is 8.16. The molecule has 1 aliphatic heterocycles. The second-order valence-corrected chi connectivity index (χ2v) is 5.43. The molecule has 1 atom stereocenters. The molecule has 1 saturated heterocycles. The summed E-state index contributed by atoms with van der Waals surface area (Å²) in [5, 5.41) is 8.29. The Morgan fingerprint density at radius 1 is 1.41 bits per heavy atom. The third-order valence-electron chi connectivity index (χ3n) is 3.05. The molecule has 0 aromatic heterocycles. The number of rotatable bonds is 4. The molecule has 1 fully saturated rings. The standard InChI is InChI=1S/C13H18N2OS/c1-15-8-7-12(13(15)14)17-9-10-3-5-11(16-2)6-4-10/h3-6,12,14H,7-9H2,1-2H3. The van der Waals surface area contributed by atoms with Gasteiger partial charge in [0.1, 0.15) is 11.6 Å². The smallest absolute Gasteiger partial charge is 0.118 e. The van der Waals surface area contributed by atoms with Crippen molar-refractivity contribution in [1.29, 1.82) is 5.41 Å². The van der Waals surface area contributed by atoms with Crippen LogP contribution in [0.15, 0.2) is 24.3 Å². The van der Waals surface area contributed by atoms with Gasteiger partial charge in [0.05, 0.1) is 12.4 Å². The van der Waals surface area contributed by atoms with Gasteiger partial charge in [-0.25, -0.2) is 0 Å². The minimum Gasteiger partial charge on any atom is -0.497 e. The highest BCUT2D eigenvalue weighted by atomic mass is 32.2. The van der Waals surface area contributed by atoms with Crippen LogP contribution in [0.1, 0.15) is 12.0 Å². The maximum atomic E-state index is 7.93. The van der Waals surface area contributed by atoms with Crippen molar-refractivity contribution in [2.24, 2.45) is 0 Å². The second kappa shape index (κ2) is 5.45. The molecule has 0 amide bonds. The molecule has 0 bridgehead atoms. The lowest BCUT2D eigenvalue weighted by molar-refractivity contribution is 0.414. The summed E-state index contributed by atoms with van der Waals surface area (Å²) in [5.41, 5.74) is 1.29. The van der Waals surface area contributed by atoms with E-state index in [1.54, 1.807) is 7.11 Å². The van der Waals surface area contributed by atoms with Gasteiger partial charge < -0.3 is 9.64 Å². The number of nitrogens with one attached hydrogen (secondary N) is 1. The van der Waals surface area contributed by atoms with E-state index < -0.39 is 0 Å². The molecular weight excluding hydrogens is 232 g/mol. The average Bonchev–Trinajstić information content (AvgIpc) is 2.68. The molecule has 92 valence electrons. The van der Waals surface area contributed by atoms with Crippen LogP contribution in [0.25, 0.3) is 0 Å². The third kappa shape index (κ3) is 2.94. The zero-order valence-electron chi connectivity index (χ0n) is 10.3. The maximum absolute atomic E-state index is 7.93. The largest absolute Gasteiger partial charge is 0.497 e. The highest BCUT2D eigenvalue weighted by molar-refractivity contribution is 7.99. The molecule has 0 aliphatic carbocycles. The van der Waals surface area contributed by atoms with E-state index in [1.165, 1.54) is 5.56 Å². The van der Waals surface area contributed by atoms with Crippen LogP contribution in [0, 0.1) is 5.41 Å². The van der Waals surface area contributed by atoms with Crippen molar-refractivity contribution in [3.63, 3.8) is 0 Å². The number of likely N-dealkylation sites (tertiary alicyclic amines) is 1. The van der Waals surface area contributed by atoms with Crippen LogP contribution in [0.5, 0.6) is 5.75 Å². The monoisotopic (exact) mass is 250 g/mol. The van der Waals surface area contributed by atoms with Gasteiger partial charge in [-0.05, 0) is 24.1 Å². The third-order valence-corrected chi connectivity index (χ3v) is 4.41. The minimum atomic E-state index is 0.363. The lowest BCUT2D eigenvalue weighted by Gasteiger charge is -2.13. The summed E-state index contributed by atoms with van der Waals surface area (Å²) < 4.78 is 5.13. The van der Waals surface area contributed by atoms with Gasteiger partial charge in [-0.3, -0.25) is 5.41 Å². The number of amidine groups is 1. The fourth-order valence-electron chi connectivity index (χ4n) is 1.89. The maximum Gasteiger partial charge on any atom is 0.118 e. The Kier molecular flexibility index (Phi) is 3.94. The van der Waals surface area contributed by atoms with Crippen LogP contribution in [-0.4, -0.2) is 36.7 Å². The quantitative estimate of drug-likeness (QED) is 0.892. The van der Waals surface area contributed by atoms with Gasteiger partial charge >= 0.3 is 0 Å². The first-order valence-electron chi connectivity index (χ1n) is 5.75. The van der Waals surface area contributed by atoms with E-state index in [2.05, 4.69) is 12.1 Å². The van der Waals surface area contributed by atoms with Crippen LogP contribution in [-0.2, 0) is 5.75 Å². The zero-order chi connectivity index (χ0) is 12.3. The average molecular weight is 250 g/mol. The fourth-order valence-corrected chi connectivity index (χ4v) is 3.09. The molecular formula is C13H18N2OS. The molecule has 17 heavy (non-hydrogen) atoms. The number of thioether (sulfide) groups is 1. The molecule has 1 unspecified atom stereocenters. The predicted octanol–water partition coefficient (Wildman–Crippen LogP) is 2.61. The Hall–Kier alpha value is -1.16. The lowest BCUT2D eigenvalue weighted by atomic mass is 10.2. The molecule has 0 radical (unpaired) electrons. The van der Waals surface area contributed by atoms with E-state index in [4.69, 9.17) is 10.1 Å². The number of ether oxygens (including phenoxy) is 1. The van der Waals surface area contributed by atoms with E-state index in [-0.39, 0.29) is 0 Å². The summed E-state index contributed by atoms with van der Waals surface area (Å²) in [6.45, 7) is 1.01. The van der Waals surface area contributed by atoms with Crippen molar-refractivity contribution < 1.29 is 4.74 Å². The highest BCUT2D eigenvalue weighted by Crippen LogP contribution is 2.27. The van der Waals surface area contributed by atoms with E-state index in [0.717, 1.165) is 30.3 Å². The molecule has 4 heteroatoms. The van der Waals surface area contributed by atoms with Crippen LogP contribution in [0.4, 0.5) is 0 Å². The summed E-state index contributed by atoms with van der Waals surface area (Å²) in [4.78, 5) is 2.03. The lowest BCUT2D eigenvalue weighted by Crippen LogP contribution is -2.23. The van der Waals surface area contributed by atoms with Gasteiger partial charge in [0.2, 0.25) is 0 Å². The van der Waals surface area contributed by atoms with Crippen LogP contribution < -0.4 is 4.74 Å². The first-order valence-corrected chi connectivity index (χ1v) is 6.79. The first kappa shape index (κ1) is 12.3. The Labute approximate surface area is 107 Å². The van der Waals surface area contributed by atoms with Gasteiger partial charge in [0.15, 0.2) is 0 Å². The van der Waals surface area contributed by atoms with Gasteiger partial charge in [0.25, 0.3) is 0 Å². The second-order valence-electron chi connectivity index (χ2n) is 4.24. The Bertz CT molecular complexity index is 391. The molecule has 1 aliphatic rings. The molecule has 1 aromatic carbocycles. The van der Waals surface area contributed by atoms with E-state index >= 15 is 0 Å². The van der Waals surface area contributed by atoms with Crippen LogP contribution >= 0.6 is 11.8 Å². The molecule has 3 nitrogen and oxygen atoms in total. The Morgan fingerprint density at radius 2 is 2.12 bits per heavy atom.